The van der Waals surface area contributed by atoms with Gasteiger partial charge in [-0.25, -0.2) is 0 Å². The Kier molecular flexibility index (Phi) is 3.58. The van der Waals surface area contributed by atoms with Crippen molar-refractivity contribution in [2.24, 2.45) is 0 Å². The highest BCUT2D eigenvalue weighted by atomic mass is 35.5. The third-order valence-electron chi connectivity index (χ3n) is 5.01. The summed E-state index contributed by atoms with van der Waals surface area (Å²) in [6.07, 6.45) is -3.09. The van der Waals surface area contributed by atoms with Crippen LogP contribution in [0.3, 0.4) is 0 Å². The molecule has 5 rings (SSSR count). The molecule has 3 heterocycles. The van der Waals surface area contributed by atoms with E-state index in [0.717, 1.165) is 12.1 Å². The fraction of sp³-hybridized carbons (Fsp3) is 0.0476. The molecule has 0 amide bonds. The summed E-state index contributed by atoms with van der Waals surface area (Å²) >= 11 is 5.98. The summed E-state index contributed by atoms with van der Waals surface area (Å²) in [6.45, 7) is 0. The summed E-state index contributed by atoms with van der Waals surface area (Å²) in [5.74, 6) is -0.563. The van der Waals surface area contributed by atoms with Gasteiger partial charge in [0.15, 0.2) is 0 Å². The van der Waals surface area contributed by atoms with Crippen molar-refractivity contribution in [3.05, 3.63) is 87.2 Å². The summed E-state index contributed by atoms with van der Waals surface area (Å²) in [5, 5.41) is 0.308. The first-order valence-electron chi connectivity index (χ1n) is 8.56. The molecule has 2 aromatic heterocycles. The number of aromatic nitrogens is 2. The summed E-state index contributed by atoms with van der Waals surface area (Å²) < 4.78 is 42.7. The molecule has 0 radical (unpaired) electrons. The van der Waals surface area contributed by atoms with Crippen LogP contribution >= 0.6 is 11.6 Å². The second-order valence-electron chi connectivity index (χ2n) is 6.66. The Labute approximate surface area is 166 Å². The molecular weight excluding hydrogens is 405 g/mol. The largest absolute Gasteiger partial charge is 0.416 e. The molecule has 144 valence electrons. The molecule has 4 aromatic rings. The Bertz CT molecular complexity index is 1380. The molecule has 8 heteroatoms. The van der Waals surface area contributed by atoms with Crippen LogP contribution < -0.4 is 5.43 Å². The minimum absolute atomic E-state index is 0.151. The zero-order valence-electron chi connectivity index (χ0n) is 14.5. The van der Waals surface area contributed by atoms with Gasteiger partial charge in [-0.05, 0) is 54.6 Å². The summed E-state index contributed by atoms with van der Waals surface area (Å²) in [7, 11) is 0. The van der Waals surface area contributed by atoms with E-state index in [2.05, 4.69) is 0 Å². The molecule has 1 aliphatic rings. The minimum atomic E-state index is -4.61. The van der Waals surface area contributed by atoms with E-state index in [9.17, 15) is 22.8 Å². The van der Waals surface area contributed by atoms with E-state index in [1.54, 1.807) is 41.0 Å². The fourth-order valence-electron chi connectivity index (χ4n) is 3.73. The number of hydrogen-bond acceptors (Lipinski definition) is 2. The first kappa shape index (κ1) is 17.8. The number of rotatable bonds is 1. The number of benzene rings is 2. The van der Waals surface area contributed by atoms with Crippen LogP contribution in [0.25, 0.3) is 28.0 Å². The zero-order chi connectivity index (χ0) is 20.5. The highest BCUT2D eigenvalue weighted by Crippen LogP contribution is 2.37. The van der Waals surface area contributed by atoms with E-state index >= 15 is 0 Å². The van der Waals surface area contributed by atoms with Crippen LogP contribution in [0.15, 0.2) is 65.6 Å². The molecule has 29 heavy (non-hydrogen) atoms. The van der Waals surface area contributed by atoms with Crippen LogP contribution in [0, 0.1) is 0 Å². The molecule has 0 N–H and O–H groups in total. The quantitative estimate of drug-likeness (QED) is 0.381. The Hall–Kier alpha value is -3.32. The molecule has 0 atom stereocenters. The van der Waals surface area contributed by atoms with Crippen LogP contribution in [0.4, 0.5) is 13.2 Å². The van der Waals surface area contributed by atoms with Crippen molar-refractivity contribution in [1.82, 2.24) is 9.13 Å². The SMILES string of the molecule is O=C1c2c(n(-c3ccc(Cl)cc3)c3ccc(C(F)(F)F)cc3c2=O)-c2cccn21. The van der Waals surface area contributed by atoms with Crippen LogP contribution in [-0.2, 0) is 6.18 Å². The van der Waals surface area contributed by atoms with Gasteiger partial charge in [0.2, 0.25) is 5.43 Å². The number of nitrogens with zero attached hydrogens (tertiary/aromatic N) is 2. The summed E-state index contributed by atoms with van der Waals surface area (Å²) in [4.78, 5) is 25.9. The number of fused-ring (bicyclic) bond motifs is 4. The number of hydrogen-bond donors (Lipinski definition) is 0. The molecule has 0 aliphatic carbocycles. The Morgan fingerprint density at radius 1 is 0.931 bits per heavy atom. The van der Waals surface area contributed by atoms with Gasteiger partial charge in [0.25, 0.3) is 5.91 Å². The van der Waals surface area contributed by atoms with Gasteiger partial charge in [-0.3, -0.25) is 14.2 Å². The third-order valence-corrected chi connectivity index (χ3v) is 5.26. The van der Waals surface area contributed by atoms with Crippen molar-refractivity contribution >= 4 is 28.4 Å². The predicted octanol–water partition coefficient (Wildman–Crippen LogP) is 5.13. The van der Waals surface area contributed by atoms with E-state index in [1.807, 2.05) is 0 Å². The van der Waals surface area contributed by atoms with E-state index in [0.29, 0.717) is 22.1 Å². The van der Waals surface area contributed by atoms with Crippen molar-refractivity contribution in [2.75, 3.05) is 0 Å². The number of pyridine rings is 1. The lowest BCUT2D eigenvalue weighted by atomic mass is 10.0. The van der Waals surface area contributed by atoms with Gasteiger partial charge in [-0.2, -0.15) is 13.2 Å². The standard InChI is InChI=1S/C21H10ClF3N2O2/c22-12-4-6-13(7-5-12)27-15-8-3-11(21(23,24)25)10-14(15)19(28)17-18(27)16-2-1-9-26(16)20(17)29/h1-10H. The Morgan fingerprint density at radius 3 is 2.34 bits per heavy atom. The molecule has 4 nitrogen and oxygen atoms in total. The highest BCUT2D eigenvalue weighted by Gasteiger charge is 2.35. The molecule has 0 spiro atoms. The highest BCUT2D eigenvalue weighted by molar-refractivity contribution is 6.30. The second kappa shape index (κ2) is 5.84. The van der Waals surface area contributed by atoms with Gasteiger partial charge in [-0.15, -0.1) is 0 Å². The first-order chi connectivity index (χ1) is 13.8. The van der Waals surface area contributed by atoms with Crippen LogP contribution in [-0.4, -0.2) is 15.0 Å². The van der Waals surface area contributed by atoms with Crippen LogP contribution in [0.1, 0.15) is 15.9 Å². The van der Waals surface area contributed by atoms with Gasteiger partial charge in [0, 0.05) is 22.3 Å². The van der Waals surface area contributed by atoms with Gasteiger partial charge in [0.05, 0.1) is 22.5 Å². The van der Waals surface area contributed by atoms with Gasteiger partial charge in [-0.1, -0.05) is 11.6 Å². The molecule has 1 aliphatic heterocycles. The number of carbonyl (C=O) groups excluding carboxylic acids is 1. The van der Waals surface area contributed by atoms with Gasteiger partial charge < -0.3 is 4.57 Å². The lowest BCUT2D eigenvalue weighted by Gasteiger charge is -2.17. The van der Waals surface area contributed by atoms with Crippen molar-refractivity contribution in [2.45, 2.75) is 6.18 Å². The maximum Gasteiger partial charge on any atom is 0.416 e. The number of halogens is 4. The second-order valence-corrected chi connectivity index (χ2v) is 7.10. The van der Waals surface area contributed by atoms with Crippen LogP contribution in [0.2, 0.25) is 5.02 Å². The smallest absolute Gasteiger partial charge is 0.307 e. The first-order valence-corrected chi connectivity index (χ1v) is 8.93. The van der Waals surface area contributed by atoms with Crippen molar-refractivity contribution in [3.63, 3.8) is 0 Å². The van der Waals surface area contributed by atoms with E-state index in [4.69, 9.17) is 11.6 Å². The maximum atomic E-state index is 13.2. The Morgan fingerprint density at radius 2 is 1.66 bits per heavy atom. The third kappa shape index (κ3) is 2.47. The average molecular weight is 415 g/mol. The topological polar surface area (TPSA) is 44.0 Å². The maximum absolute atomic E-state index is 13.2. The molecule has 0 fully saturated rings. The van der Waals surface area contributed by atoms with Gasteiger partial charge >= 0.3 is 6.18 Å². The normalized spacial score (nSPS) is 13.0. The summed E-state index contributed by atoms with van der Waals surface area (Å²) in [5.41, 5.74) is -0.139. The Balaban J connectivity index is 1.97. The summed E-state index contributed by atoms with van der Waals surface area (Å²) in [6, 6.07) is 13.0. The molecule has 0 saturated heterocycles. The molecule has 2 aromatic carbocycles. The number of alkyl halides is 3. The lowest BCUT2D eigenvalue weighted by molar-refractivity contribution is -0.137. The van der Waals surface area contributed by atoms with E-state index in [1.165, 1.54) is 16.8 Å². The average Bonchev–Trinajstić information content (AvgIpc) is 3.26. The van der Waals surface area contributed by atoms with Crippen molar-refractivity contribution in [3.8, 4) is 17.1 Å². The van der Waals surface area contributed by atoms with E-state index in [-0.39, 0.29) is 16.5 Å². The molecule has 0 unspecified atom stereocenters. The van der Waals surface area contributed by atoms with E-state index < -0.39 is 23.1 Å². The lowest BCUT2D eigenvalue weighted by Crippen LogP contribution is -2.20. The molecule has 0 saturated carbocycles. The monoisotopic (exact) mass is 414 g/mol. The van der Waals surface area contributed by atoms with Crippen molar-refractivity contribution < 1.29 is 18.0 Å². The molecule has 0 bridgehead atoms. The fourth-order valence-corrected chi connectivity index (χ4v) is 3.86. The number of carbonyl (C=O) groups is 1. The minimum Gasteiger partial charge on any atom is -0.307 e. The zero-order valence-corrected chi connectivity index (χ0v) is 15.3. The predicted molar refractivity (Wildman–Crippen MR) is 103 cm³/mol. The van der Waals surface area contributed by atoms with Gasteiger partial charge in [0.1, 0.15) is 5.56 Å². The van der Waals surface area contributed by atoms with Crippen molar-refractivity contribution in [1.29, 1.82) is 0 Å². The van der Waals surface area contributed by atoms with Crippen LogP contribution in [0.5, 0.6) is 0 Å². The molecular formula is C21H10ClF3N2O2.